The van der Waals surface area contributed by atoms with Gasteiger partial charge in [-0.3, -0.25) is 4.79 Å². The monoisotopic (exact) mass is 374 g/mol. The molecule has 0 fully saturated rings. The maximum absolute atomic E-state index is 14.1. The normalized spacial score (nSPS) is 11.3. The number of nitriles is 1. The fourth-order valence-electron chi connectivity index (χ4n) is 2.02. The average Bonchev–Trinajstić information content (AvgIpc) is 2.36. The topological polar surface area (TPSA) is 56.6 Å². The molecule has 1 aromatic carbocycles. The second kappa shape index (κ2) is 5.57. The van der Waals surface area contributed by atoms with Crippen molar-refractivity contribution >= 4 is 15.9 Å². The number of hydrogen-bond donors (Lipinski definition) is 1. The molecule has 1 aromatic heterocycles. The minimum absolute atomic E-state index is 0.195. The van der Waals surface area contributed by atoms with Crippen LogP contribution >= 0.6 is 15.9 Å². The van der Waals surface area contributed by atoms with Crippen LogP contribution in [0, 0.1) is 24.1 Å². The highest BCUT2D eigenvalue weighted by Crippen LogP contribution is 2.41. The van der Waals surface area contributed by atoms with E-state index < -0.39 is 38.7 Å². The van der Waals surface area contributed by atoms with E-state index in [1.807, 2.05) is 0 Å². The summed E-state index contributed by atoms with van der Waals surface area (Å²) < 4.78 is 52.3. The van der Waals surface area contributed by atoms with E-state index in [0.29, 0.717) is 17.8 Å². The van der Waals surface area contributed by atoms with Crippen molar-refractivity contribution in [3.63, 3.8) is 0 Å². The van der Waals surface area contributed by atoms with Gasteiger partial charge >= 0.3 is 6.18 Å². The van der Waals surface area contributed by atoms with Crippen LogP contribution in [-0.2, 0) is 6.18 Å². The van der Waals surface area contributed by atoms with Gasteiger partial charge in [0.2, 0.25) is 0 Å². The van der Waals surface area contributed by atoms with E-state index in [4.69, 9.17) is 5.26 Å². The first kappa shape index (κ1) is 16.2. The Bertz CT molecular complexity index is 850. The number of aromatic amines is 1. The Labute approximate surface area is 130 Å². The number of pyridine rings is 1. The van der Waals surface area contributed by atoms with Crippen molar-refractivity contribution in [2.24, 2.45) is 0 Å². The lowest BCUT2D eigenvalue weighted by Gasteiger charge is -2.14. The minimum atomic E-state index is -4.70. The van der Waals surface area contributed by atoms with Crippen molar-refractivity contribution in [2.75, 3.05) is 0 Å². The molecule has 0 aliphatic heterocycles. The molecule has 1 N–H and O–H groups in total. The van der Waals surface area contributed by atoms with Gasteiger partial charge in [-0.2, -0.15) is 18.4 Å². The first-order valence-corrected chi connectivity index (χ1v) is 6.65. The molecule has 8 heteroatoms. The van der Waals surface area contributed by atoms with Crippen LogP contribution < -0.4 is 5.56 Å². The summed E-state index contributed by atoms with van der Waals surface area (Å²) in [6.45, 7) is 1.48. The molecule has 0 amide bonds. The summed E-state index contributed by atoms with van der Waals surface area (Å²) in [6, 6.07) is 4.09. The molecule has 0 aliphatic carbocycles. The second-order valence-electron chi connectivity index (χ2n) is 4.46. The van der Waals surface area contributed by atoms with Gasteiger partial charge in [0.25, 0.3) is 5.56 Å². The number of H-pyrrole nitrogens is 1. The molecule has 0 saturated carbocycles. The zero-order valence-electron chi connectivity index (χ0n) is 11.0. The maximum Gasteiger partial charge on any atom is 0.417 e. The number of aryl methyl sites for hydroxylation is 1. The first-order valence-electron chi connectivity index (χ1n) is 5.86. The third kappa shape index (κ3) is 2.76. The predicted molar refractivity (Wildman–Crippen MR) is 74.6 cm³/mol. The van der Waals surface area contributed by atoms with Crippen LogP contribution in [0.5, 0.6) is 0 Å². The van der Waals surface area contributed by atoms with E-state index in [9.17, 15) is 22.4 Å². The van der Waals surface area contributed by atoms with Crippen molar-refractivity contribution < 1.29 is 17.6 Å². The van der Waals surface area contributed by atoms with Gasteiger partial charge in [0, 0.05) is 21.3 Å². The molecular formula is C14H7BrF4N2O. The van der Waals surface area contributed by atoms with Crippen LogP contribution in [0.4, 0.5) is 17.6 Å². The number of aromatic nitrogens is 1. The van der Waals surface area contributed by atoms with Gasteiger partial charge in [-0.1, -0.05) is 0 Å². The summed E-state index contributed by atoms with van der Waals surface area (Å²) in [5.74, 6) is -0.971. The molecule has 22 heavy (non-hydrogen) atoms. The van der Waals surface area contributed by atoms with Crippen molar-refractivity contribution in [1.82, 2.24) is 4.98 Å². The summed E-state index contributed by atoms with van der Waals surface area (Å²) in [7, 11) is 0. The highest BCUT2D eigenvalue weighted by Gasteiger charge is 2.35. The zero-order chi connectivity index (χ0) is 16.7. The molecule has 2 rings (SSSR count). The van der Waals surface area contributed by atoms with E-state index in [-0.39, 0.29) is 5.56 Å². The number of benzene rings is 1. The fourth-order valence-corrected chi connectivity index (χ4v) is 2.78. The Hall–Kier alpha value is -2.14. The molecule has 0 unspecified atom stereocenters. The standard InChI is InChI=1S/C14H7BrF4N2O/c1-6-4-7(8(5-20)13(22)21-6)11-10(16)3-2-9(12(11)15)14(17,18)19/h2-4H,1H3,(H,21,22). The lowest BCUT2D eigenvalue weighted by Crippen LogP contribution is -2.14. The maximum atomic E-state index is 14.1. The van der Waals surface area contributed by atoms with Crippen LogP contribution in [0.15, 0.2) is 27.5 Å². The number of hydrogen-bond acceptors (Lipinski definition) is 2. The van der Waals surface area contributed by atoms with E-state index in [0.717, 1.165) is 0 Å². The van der Waals surface area contributed by atoms with Gasteiger partial charge in [0.05, 0.1) is 5.56 Å². The van der Waals surface area contributed by atoms with E-state index >= 15 is 0 Å². The fraction of sp³-hybridized carbons (Fsp3) is 0.143. The molecule has 3 nitrogen and oxygen atoms in total. The Morgan fingerprint density at radius 3 is 2.50 bits per heavy atom. The largest absolute Gasteiger partial charge is 0.417 e. The van der Waals surface area contributed by atoms with Crippen molar-refractivity contribution in [3.05, 3.63) is 55.7 Å². The molecule has 1 heterocycles. The Morgan fingerprint density at radius 2 is 1.95 bits per heavy atom. The van der Waals surface area contributed by atoms with Crippen LogP contribution in [0.2, 0.25) is 0 Å². The van der Waals surface area contributed by atoms with Crippen molar-refractivity contribution in [3.8, 4) is 17.2 Å². The average molecular weight is 375 g/mol. The molecule has 0 spiro atoms. The lowest BCUT2D eigenvalue weighted by molar-refractivity contribution is -0.138. The molecule has 0 bridgehead atoms. The molecule has 0 radical (unpaired) electrons. The lowest BCUT2D eigenvalue weighted by atomic mass is 9.98. The molecule has 2 aromatic rings. The Balaban J connectivity index is 2.91. The van der Waals surface area contributed by atoms with Gasteiger partial charge in [-0.15, -0.1) is 0 Å². The van der Waals surface area contributed by atoms with E-state index in [2.05, 4.69) is 20.9 Å². The van der Waals surface area contributed by atoms with E-state index in [1.54, 1.807) is 6.07 Å². The van der Waals surface area contributed by atoms with Crippen LogP contribution in [-0.4, -0.2) is 4.98 Å². The van der Waals surface area contributed by atoms with Gasteiger partial charge in [-0.25, -0.2) is 4.39 Å². The minimum Gasteiger partial charge on any atom is -0.325 e. The number of alkyl halides is 3. The SMILES string of the molecule is Cc1cc(-c2c(F)ccc(C(F)(F)F)c2Br)c(C#N)c(=O)[nH]1. The summed E-state index contributed by atoms with van der Waals surface area (Å²) in [5, 5.41) is 9.03. The quantitative estimate of drug-likeness (QED) is 0.762. The van der Waals surface area contributed by atoms with Crippen LogP contribution in [0.25, 0.3) is 11.1 Å². The predicted octanol–water partition coefficient (Wildman–Crippen LogP) is 4.14. The highest BCUT2D eigenvalue weighted by atomic mass is 79.9. The molecule has 0 atom stereocenters. The molecule has 0 aliphatic rings. The number of rotatable bonds is 1. The summed E-state index contributed by atoms with van der Waals surface area (Å²) in [5.41, 5.74) is -2.71. The van der Waals surface area contributed by atoms with Crippen LogP contribution in [0.1, 0.15) is 16.8 Å². The molecule has 0 saturated heterocycles. The summed E-state index contributed by atoms with van der Waals surface area (Å²) >= 11 is 2.74. The summed E-state index contributed by atoms with van der Waals surface area (Å²) in [6.07, 6.45) is -4.70. The van der Waals surface area contributed by atoms with Gasteiger partial charge in [0.1, 0.15) is 17.4 Å². The van der Waals surface area contributed by atoms with Crippen molar-refractivity contribution in [2.45, 2.75) is 13.1 Å². The zero-order valence-corrected chi connectivity index (χ0v) is 12.6. The smallest absolute Gasteiger partial charge is 0.325 e. The van der Waals surface area contributed by atoms with Gasteiger partial charge in [0.15, 0.2) is 0 Å². The third-order valence-corrected chi connectivity index (χ3v) is 3.77. The molecular weight excluding hydrogens is 368 g/mol. The Kier molecular flexibility index (Phi) is 4.11. The number of halogens is 5. The van der Waals surface area contributed by atoms with Crippen LogP contribution in [0.3, 0.4) is 0 Å². The number of nitrogens with zero attached hydrogens (tertiary/aromatic N) is 1. The third-order valence-electron chi connectivity index (χ3n) is 2.95. The van der Waals surface area contributed by atoms with Gasteiger partial charge < -0.3 is 4.98 Å². The number of nitrogens with one attached hydrogen (secondary N) is 1. The molecule has 114 valence electrons. The van der Waals surface area contributed by atoms with E-state index in [1.165, 1.54) is 13.0 Å². The first-order chi connectivity index (χ1) is 10.2. The highest BCUT2D eigenvalue weighted by molar-refractivity contribution is 9.10. The Morgan fingerprint density at radius 1 is 1.32 bits per heavy atom. The second-order valence-corrected chi connectivity index (χ2v) is 5.26. The summed E-state index contributed by atoms with van der Waals surface area (Å²) in [4.78, 5) is 14.1. The van der Waals surface area contributed by atoms with Crippen molar-refractivity contribution in [1.29, 1.82) is 5.26 Å². The van der Waals surface area contributed by atoms with Gasteiger partial charge in [-0.05, 0) is 41.1 Å².